The maximum absolute atomic E-state index is 4.68. The van der Waals surface area contributed by atoms with Crippen molar-refractivity contribution in [1.29, 1.82) is 0 Å². The van der Waals surface area contributed by atoms with Gasteiger partial charge in [0.05, 0.1) is 11.4 Å². The fraction of sp³-hybridized carbons (Fsp3) is 0.357. The molecule has 0 saturated carbocycles. The lowest BCUT2D eigenvalue weighted by atomic mass is 10.1. The molecule has 0 radical (unpaired) electrons. The van der Waals surface area contributed by atoms with Gasteiger partial charge in [-0.25, -0.2) is 4.68 Å². The number of benzene rings is 1. The van der Waals surface area contributed by atoms with Gasteiger partial charge < -0.3 is 5.32 Å². The molecule has 1 aromatic heterocycles. The molecule has 0 spiro atoms. The molecule has 88 valence electrons. The van der Waals surface area contributed by atoms with E-state index >= 15 is 0 Å². The molecule has 0 atom stereocenters. The Morgan fingerprint density at radius 2 is 2.06 bits per heavy atom. The average molecular weight is 227 g/mol. The van der Waals surface area contributed by atoms with Gasteiger partial charge in [0.2, 0.25) is 0 Å². The largest absolute Gasteiger partial charge is 0.313 e. The minimum Gasteiger partial charge on any atom is -0.313 e. The molecule has 1 aliphatic heterocycles. The Hall–Kier alpha value is -1.61. The third-order valence-electron chi connectivity index (χ3n) is 3.36. The highest BCUT2D eigenvalue weighted by molar-refractivity contribution is 5.37. The molecule has 17 heavy (non-hydrogen) atoms. The van der Waals surface area contributed by atoms with Crippen LogP contribution in [0.25, 0.3) is 5.69 Å². The van der Waals surface area contributed by atoms with E-state index in [0.717, 1.165) is 25.2 Å². The average Bonchev–Trinajstić information content (AvgIpc) is 2.57. The topological polar surface area (TPSA) is 29.9 Å². The zero-order valence-electron chi connectivity index (χ0n) is 10.1. The molecule has 0 saturated heterocycles. The van der Waals surface area contributed by atoms with Crippen molar-refractivity contribution in [2.24, 2.45) is 0 Å². The second kappa shape index (κ2) is 4.34. The minimum absolute atomic E-state index is 0.952. The van der Waals surface area contributed by atoms with E-state index in [1.165, 1.54) is 23.4 Å². The Balaban J connectivity index is 2.12. The van der Waals surface area contributed by atoms with E-state index in [-0.39, 0.29) is 0 Å². The molecule has 3 nitrogen and oxygen atoms in total. The van der Waals surface area contributed by atoms with Gasteiger partial charge >= 0.3 is 0 Å². The van der Waals surface area contributed by atoms with E-state index in [4.69, 9.17) is 0 Å². The molecular weight excluding hydrogens is 210 g/mol. The lowest BCUT2D eigenvalue weighted by Gasteiger charge is -2.06. The van der Waals surface area contributed by atoms with E-state index in [9.17, 15) is 0 Å². The van der Waals surface area contributed by atoms with E-state index in [1.807, 2.05) is 6.07 Å². The Kier molecular flexibility index (Phi) is 2.69. The van der Waals surface area contributed by atoms with Crippen LogP contribution in [-0.2, 0) is 13.0 Å². The zero-order chi connectivity index (χ0) is 11.7. The molecule has 1 aromatic carbocycles. The molecule has 0 amide bonds. The summed E-state index contributed by atoms with van der Waals surface area (Å²) in [5, 5.41) is 8.14. The van der Waals surface area contributed by atoms with Crippen LogP contribution in [0.15, 0.2) is 30.3 Å². The quantitative estimate of drug-likeness (QED) is 0.809. The van der Waals surface area contributed by atoms with Crippen LogP contribution in [0, 0.1) is 6.92 Å². The summed E-state index contributed by atoms with van der Waals surface area (Å²) in [5.41, 5.74) is 5.07. The molecule has 1 aliphatic rings. The minimum atomic E-state index is 0.952. The van der Waals surface area contributed by atoms with Crippen molar-refractivity contribution in [2.75, 3.05) is 6.54 Å². The van der Waals surface area contributed by atoms with Crippen molar-refractivity contribution in [3.8, 4) is 5.69 Å². The molecule has 1 N–H and O–H groups in total. The van der Waals surface area contributed by atoms with Crippen molar-refractivity contribution in [2.45, 2.75) is 26.3 Å². The van der Waals surface area contributed by atoms with Crippen molar-refractivity contribution < 1.29 is 0 Å². The number of nitrogens with one attached hydrogen (secondary N) is 1. The predicted octanol–water partition coefficient (Wildman–Crippen LogP) is 2.22. The highest BCUT2D eigenvalue weighted by Crippen LogP contribution is 2.21. The fourth-order valence-electron chi connectivity index (χ4n) is 2.47. The summed E-state index contributed by atoms with van der Waals surface area (Å²) in [5.74, 6) is 0. The Bertz CT molecular complexity index is 514. The number of hydrogen-bond donors (Lipinski definition) is 1. The maximum Gasteiger partial charge on any atom is 0.0649 e. The summed E-state index contributed by atoms with van der Waals surface area (Å²) in [6.45, 7) is 4.15. The van der Waals surface area contributed by atoms with Crippen LogP contribution in [0.5, 0.6) is 0 Å². The normalized spacial score (nSPS) is 15.4. The molecule has 2 heterocycles. The molecule has 0 unspecified atom stereocenters. The van der Waals surface area contributed by atoms with Gasteiger partial charge in [-0.2, -0.15) is 5.10 Å². The highest BCUT2D eigenvalue weighted by Gasteiger charge is 2.17. The third-order valence-corrected chi connectivity index (χ3v) is 3.36. The van der Waals surface area contributed by atoms with Gasteiger partial charge in [0.1, 0.15) is 0 Å². The van der Waals surface area contributed by atoms with Crippen LogP contribution in [0.4, 0.5) is 0 Å². The van der Waals surface area contributed by atoms with Gasteiger partial charge in [-0.1, -0.05) is 18.2 Å². The van der Waals surface area contributed by atoms with Crippen molar-refractivity contribution >= 4 is 0 Å². The summed E-state index contributed by atoms with van der Waals surface area (Å²) in [6, 6.07) is 10.4. The van der Waals surface area contributed by atoms with Crippen molar-refractivity contribution in [1.82, 2.24) is 15.1 Å². The van der Waals surface area contributed by atoms with Crippen LogP contribution >= 0.6 is 0 Å². The first-order chi connectivity index (χ1) is 8.36. The van der Waals surface area contributed by atoms with Gasteiger partial charge in [0.15, 0.2) is 0 Å². The molecule has 0 bridgehead atoms. The van der Waals surface area contributed by atoms with Crippen LogP contribution in [0.1, 0.15) is 23.4 Å². The van der Waals surface area contributed by atoms with Crippen LogP contribution in [0.2, 0.25) is 0 Å². The van der Waals surface area contributed by atoms with Gasteiger partial charge in [-0.05, 0) is 38.4 Å². The SMILES string of the molecule is Cc1nn(-c2ccccc2)c2c1CNCCC2. The number of nitrogens with zero attached hydrogens (tertiary/aromatic N) is 2. The number of aryl methyl sites for hydroxylation is 1. The first-order valence-electron chi connectivity index (χ1n) is 6.20. The summed E-state index contributed by atoms with van der Waals surface area (Å²) in [7, 11) is 0. The summed E-state index contributed by atoms with van der Waals surface area (Å²) in [6.07, 6.45) is 2.29. The molecule has 2 aromatic rings. The lowest BCUT2D eigenvalue weighted by Crippen LogP contribution is -2.12. The monoisotopic (exact) mass is 227 g/mol. The Labute approximate surface area is 101 Å². The maximum atomic E-state index is 4.68. The Morgan fingerprint density at radius 1 is 1.24 bits per heavy atom. The molecule has 0 fully saturated rings. The Morgan fingerprint density at radius 3 is 2.88 bits per heavy atom. The number of rotatable bonds is 1. The molecular formula is C14H17N3. The molecule has 3 rings (SSSR count). The second-order valence-corrected chi connectivity index (χ2v) is 4.54. The lowest BCUT2D eigenvalue weighted by molar-refractivity contribution is 0.666. The van der Waals surface area contributed by atoms with Crippen LogP contribution < -0.4 is 5.32 Å². The number of fused-ring (bicyclic) bond motifs is 1. The highest BCUT2D eigenvalue weighted by atomic mass is 15.3. The van der Waals surface area contributed by atoms with Gasteiger partial charge in [-0.3, -0.25) is 0 Å². The first-order valence-corrected chi connectivity index (χ1v) is 6.20. The van der Waals surface area contributed by atoms with Crippen LogP contribution in [-0.4, -0.2) is 16.3 Å². The smallest absolute Gasteiger partial charge is 0.0649 e. The third kappa shape index (κ3) is 1.87. The van der Waals surface area contributed by atoms with Crippen molar-refractivity contribution in [3.05, 3.63) is 47.3 Å². The van der Waals surface area contributed by atoms with Gasteiger partial charge in [0, 0.05) is 17.8 Å². The summed E-state index contributed by atoms with van der Waals surface area (Å²) in [4.78, 5) is 0. The van der Waals surface area contributed by atoms with E-state index < -0.39 is 0 Å². The van der Waals surface area contributed by atoms with E-state index in [1.54, 1.807) is 0 Å². The molecule has 0 aliphatic carbocycles. The van der Waals surface area contributed by atoms with E-state index in [0.29, 0.717) is 0 Å². The second-order valence-electron chi connectivity index (χ2n) is 4.54. The predicted molar refractivity (Wildman–Crippen MR) is 68.3 cm³/mol. The van der Waals surface area contributed by atoms with E-state index in [2.05, 4.69) is 46.3 Å². The first kappa shape index (κ1) is 10.5. The number of aromatic nitrogens is 2. The number of para-hydroxylation sites is 1. The summed E-state index contributed by atoms with van der Waals surface area (Å²) < 4.78 is 2.11. The summed E-state index contributed by atoms with van der Waals surface area (Å²) >= 11 is 0. The zero-order valence-corrected chi connectivity index (χ0v) is 10.1. The van der Waals surface area contributed by atoms with Crippen LogP contribution in [0.3, 0.4) is 0 Å². The fourth-order valence-corrected chi connectivity index (χ4v) is 2.47. The number of hydrogen-bond acceptors (Lipinski definition) is 2. The van der Waals surface area contributed by atoms with Crippen molar-refractivity contribution in [3.63, 3.8) is 0 Å². The van der Waals surface area contributed by atoms with Gasteiger partial charge in [-0.15, -0.1) is 0 Å². The van der Waals surface area contributed by atoms with Gasteiger partial charge in [0.25, 0.3) is 0 Å². The standard InChI is InChI=1S/C14H17N3/c1-11-13-10-15-9-5-8-14(13)17(16-11)12-6-3-2-4-7-12/h2-4,6-7,15H,5,8-10H2,1H3. The molecule has 3 heteroatoms.